The van der Waals surface area contributed by atoms with Crippen molar-refractivity contribution in [2.45, 2.75) is 12.1 Å². The lowest BCUT2D eigenvalue weighted by Gasteiger charge is -2.32. The summed E-state index contributed by atoms with van der Waals surface area (Å²) in [5, 5.41) is 18.8. The van der Waals surface area contributed by atoms with Crippen LogP contribution in [-0.2, 0) is 0 Å². The SMILES string of the molecule is N#C[C@H](c1ccco1)[NH+]1CC[NH+]([C@@H](C#N)c2ccco2)CC1. The zero-order chi connectivity index (χ0) is 15.4. The van der Waals surface area contributed by atoms with Gasteiger partial charge in [0.15, 0.2) is 11.5 Å². The van der Waals surface area contributed by atoms with Gasteiger partial charge in [0.25, 0.3) is 0 Å². The van der Waals surface area contributed by atoms with Gasteiger partial charge in [-0.2, -0.15) is 10.5 Å². The van der Waals surface area contributed by atoms with E-state index < -0.39 is 0 Å². The maximum Gasteiger partial charge on any atom is 0.233 e. The summed E-state index contributed by atoms with van der Waals surface area (Å²) >= 11 is 0. The van der Waals surface area contributed by atoms with Gasteiger partial charge < -0.3 is 18.6 Å². The molecular weight excluding hydrogens is 280 g/mol. The molecular formula is C16H18N4O2+2. The Kier molecular flexibility index (Phi) is 4.24. The van der Waals surface area contributed by atoms with Crippen molar-refractivity contribution in [1.82, 2.24) is 0 Å². The van der Waals surface area contributed by atoms with Gasteiger partial charge in [0.1, 0.15) is 38.3 Å². The minimum absolute atomic E-state index is 0.277. The van der Waals surface area contributed by atoms with Crippen molar-refractivity contribution >= 4 is 0 Å². The highest BCUT2D eigenvalue weighted by atomic mass is 16.3. The van der Waals surface area contributed by atoms with Crippen molar-refractivity contribution in [3.05, 3.63) is 48.3 Å². The van der Waals surface area contributed by atoms with Crippen LogP contribution in [-0.4, -0.2) is 26.2 Å². The first-order valence-electron chi connectivity index (χ1n) is 7.38. The van der Waals surface area contributed by atoms with Crippen LogP contribution in [0.15, 0.2) is 45.6 Å². The molecule has 0 aromatic carbocycles. The highest BCUT2D eigenvalue weighted by molar-refractivity contribution is 5.10. The third kappa shape index (κ3) is 2.75. The van der Waals surface area contributed by atoms with Crippen LogP contribution in [0, 0.1) is 22.7 Å². The average Bonchev–Trinajstić information content (AvgIpc) is 3.24. The highest BCUT2D eigenvalue weighted by Crippen LogP contribution is 2.10. The van der Waals surface area contributed by atoms with Gasteiger partial charge in [-0.25, -0.2) is 0 Å². The Morgan fingerprint density at radius 1 is 0.818 bits per heavy atom. The standard InChI is InChI=1S/C16H16N4O2/c17-11-13(15-3-1-9-21-15)19-5-7-20(8-6-19)14(12-18)16-4-2-10-22-16/h1-4,9-10,13-14H,5-8H2/p+2/t13-,14+. The topological polar surface area (TPSA) is 82.7 Å². The van der Waals surface area contributed by atoms with Gasteiger partial charge in [-0.3, -0.25) is 0 Å². The van der Waals surface area contributed by atoms with Crippen molar-refractivity contribution in [3.63, 3.8) is 0 Å². The van der Waals surface area contributed by atoms with Gasteiger partial charge in [-0.1, -0.05) is 0 Å². The van der Waals surface area contributed by atoms with Crippen molar-refractivity contribution < 1.29 is 18.6 Å². The second-order valence-electron chi connectivity index (χ2n) is 5.47. The summed E-state index contributed by atoms with van der Waals surface area (Å²) in [7, 11) is 0. The molecule has 112 valence electrons. The molecule has 6 heteroatoms. The van der Waals surface area contributed by atoms with Gasteiger partial charge in [0, 0.05) is 0 Å². The van der Waals surface area contributed by atoms with E-state index in [-0.39, 0.29) is 12.1 Å². The fourth-order valence-corrected chi connectivity index (χ4v) is 3.09. The number of furan rings is 2. The molecule has 3 heterocycles. The van der Waals surface area contributed by atoms with E-state index in [9.17, 15) is 10.5 Å². The molecule has 0 bridgehead atoms. The van der Waals surface area contributed by atoms with Gasteiger partial charge in [0.2, 0.25) is 12.1 Å². The van der Waals surface area contributed by atoms with Gasteiger partial charge in [0.05, 0.1) is 12.5 Å². The summed E-state index contributed by atoms with van der Waals surface area (Å²) in [6.45, 7) is 3.31. The van der Waals surface area contributed by atoms with Gasteiger partial charge in [-0.15, -0.1) is 0 Å². The molecule has 1 fully saturated rings. The molecule has 1 aliphatic heterocycles. The summed E-state index contributed by atoms with van der Waals surface area (Å²) in [4.78, 5) is 2.38. The molecule has 0 aliphatic carbocycles. The van der Waals surface area contributed by atoms with Gasteiger partial charge in [-0.05, 0) is 24.3 Å². The number of hydrogen-bond acceptors (Lipinski definition) is 4. The molecule has 0 saturated carbocycles. The highest BCUT2D eigenvalue weighted by Gasteiger charge is 2.36. The third-order valence-corrected chi connectivity index (χ3v) is 4.26. The molecule has 2 aromatic rings. The molecule has 1 aliphatic rings. The third-order valence-electron chi connectivity index (χ3n) is 4.26. The first-order chi connectivity index (χ1) is 10.8. The van der Waals surface area contributed by atoms with Crippen LogP contribution >= 0.6 is 0 Å². The van der Waals surface area contributed by atoms with Crippen molar-refractivity contribution in [2.24, 2.45) is 0 Å². The Morgan fingerprint density at radius 3 is 1.50 bits per heavy atom. The summed E-state index contributed by atoms with van der Waals surface area (Å²) in [5.41, 5.74) is 0. The second kappa shape index (κ2) is 6.48. The largest absolute Gasteiger partial charge is 0.462 e. The molecule has 2 atom stereocenters. The molecule has 0 unspecified atom stereocenters. The summed E-state index contributed by atoms with van der Waals surface area (Å²) in [6.07, 6.45) is 3.20. The van der Waals surface area contributed by atoms with Crippen LogP contribution < -0.4 is 9.80 Å². The normalized spacial score (nSPS) is 24.1. The molecule has 2 N–H and O–H groups in total. The number of piperazine rings is 1. The number of nitriles is 2. The first kappa shape index (κ1) is 14.4. The Morgan fingerprint density at radius 2 is 1.23 bits per heavy atom. The predicted molar refractivity (Wildman–Crippen MR) is 75.5 cm³/mol. The van der Waals surface area contributed by atoms with Crippen molar-refractivity contribution in [1.29, 1.82) is 10.5 Å². The Balaban J connectivity index is 1.65. The lowest BCUT2D eigenvalue weighted by Crippen LogP contribution is -3.28. The maximum atomic E-state index is 9.42. The van der Waals surface area contributed by atoms with E-state index in [2.05, 4.69) is 12.1 Å². The molecule has 2 aromatic heterocycles. The second-order valence-corrected chi connectivity index (χ2v) is 5.47. The quantitative estimate of drug-likeness (QED) is 0.796. The average molecular weight is 298 g/mol. The van der Waals surface area contributed by atoms with Crippen LogP contribution in [0.25, 0.3) is 0 Å². The summed E-state index contributed by atoms with van der Waals surface area (Å²) < 4.78 is 10.8. The van der Waals surface area contributed by atoms with E-state index in [1.807, 2.05) is 24.3 Å². The van der Waals surface area contributed by atoms with Crippen LogP contribution in [0.2, 0.25) is 0 Å². The lowest BCUT2D eigenvalue weighted by atomic mass is 10.1. The molecule has 1 saturated heterocycles. The molecule has 0 radical (unpaired) electrons. The van der Waals surface area contributed by atoms with Crippen LogP contribution in [0.1, 0.15) is 23.6 Å². The van der Waals surface area contributed by atoms with Crippen LogP contribution in [0.5, 0.6) is 0 Å². The van der Waals surface area contributed by atoms with Gasteiger partial charge >= 0.3 is 0 Å². The molecule has 22 heavy (non-hydrogen) atoms. The smallest absolute Gasteiger partial charge is 0.233 e. The zero-order valence-electron chi connectivity index (χ0n) is 12.2. The predicted octanol–water partition coefficient (Wildman–Crippen LogP) is -0.514. The first-order valence-corrected chi connectivity index (χ1v) is 7.38. The minimum atomic E-state index is -0.277. The number of quaternary nitrogens is 2. The van der Waals surface area contributed by atoms with E-state index >= 15 is 0 Å². The lowest BCUT2D eigenvalue weighted by molar-refractivity contribution is -1.03. The molecule has 3 rings (SSSR count). The maximum absolute atomic E-state index is 9.42. The monoisotopic (exact) mass is 298 g/mol. The Hall–Kier alpha value is -2.54. The van der Waals surface area contributed by atoms with Crippen molar-refractivity contribution in [3.8, 4) is 12.1 Å². The zero-order valence-corrected chi connectivity index (χ0v) is 12.2. The number of nitrogens with zero attached hydrogens (tertiary/aromatic N) is 2. The summed E-state index contributed by atoms with van der Waals surface area (Å²) in [6, 6.07) is 11.4. The van der Waals surface area contributed by atoms with E-state index in [0.29, 0.717) is 11.5 Å². The number of rotatable bonds is 4. The van der Waals surface area contributed by atoms with E-state index in [0.717, 1.165) is 26.2 Å². The van der Waals surface area contributed by atoms with E-state index in [1.165, 1.54) is 9.80 Å². The molecule has 6 nitrogen and oxygen atoms in total. The Labute approximate surface area is 128 Å². The van der Waals surface area contributed by atoms with Crippen molar-refractivity contribution in [2.75, 3.05) is 26.2 Å². The van der Waals surface area contributed by atoms with Crippen LogP contribution in [0.3, 0.4) is 0 Å². The number of hydrogen-bond donors (Lipinski definition) is 2. The van der Waals surface area contributed by atoms with E-state index in [4.69, 9.17) is 8.83 Å². The fraction of sp³-hybridized carbons (Fsp3) is 0.375. The fourth-order valence-electron chi connectivity index (χ4n) is 3.09. The van der Waals surface area contributed by atoms with Crippen LogP contribution in [0.4, 0.5) is 0 Å². The summed E-state index contributed by atoms with van der Waals surface area (Å²) in [5.74, 6) is 1.42. The Bertz CT molecular complexity index is 598. The van der Waals surface area contributed by atoms with E-state index in [1.54, 1.807) is 12.5 Å². The molecule has 0 spiro atoms. The number of nitrogens with one attached hydrogen (secondary N) is 2. The molecule has 0 amide bonds. The minimum Gasteiger partial charge on any atom is -0.462 e.